The zero-order chi connectivity index (χ0) is 11.4. The summed E-state index contributed by atoms with van der Waals surface area (Å²) in [6.07, 6.45) is 1.08. The molecule has 0 heterocycles. The molecule has 0 saturated carbocycles. The van der Waals surface area contributed by atoms with Crippen LogP contribution in [0.3, 0.4) is 0 Å². The second-order valence-corrected chi connectivity index (χ2v) is 5.12. The van der Waals surface area contributed by atoms with Gasteiger partial charge in [-0.25, -0.2) is 0 Å². The smallest absolute Gasteiger partial charge is 0.119 e. The van der Waals surface area contributed by atoms with Gasteiger partial charge in [-0.3, -0.25) is 0 Å². The summed E-state index contributed by atoms with van der Waals surface area (Å²) >= 11 is 3.56. The Morgan fingerprint density at radius 2 is 1.88 bits per heavy atom. The van der Waals surface area contributed by atoms with Gasteiger partial charge in [-0.1, -0.05) is 53.2 Å². The summed E-state index contributed by atoms with van der Waals surface area (Å²) < 4.78 is 5.72. The molecule has 84 valence electrons. The third kappa shape index (κ3) is 2.76. The minimum absolute atomic E-state index is 0.430. The molecule has 0 spiro atoms. The predicted octanol–water partition coefficient (Wildman–Crippen LogP) is 4.39. The summed E-state index contributed by atoms with van der Waals surface area (Å²) in [7, 11) is 0. The highest BCUT2D eigenvalue weighted by atomic mass is 79.9. The maximum absolute atomic E-state index is 5.72. The molecule has 0 aromatic heterocycles. The first-order chi connectivity index (χ1) is 7.79. The fourth-order valence-electron chi connectivity index (χ4n) is 1.56. The molecule has 1 nitrogen and oxygen atoms in total. The maximum Gasteiger partial charge on any atom is 0.119 e. The molecular weight excluding hydrogens is 264 g/mol. The molecule has 16 heavy (non-hydrogen) atoms. The van der Waals surface area contributed by atoms with Crippen LogP contribution in [0.15, 0.2) is 42.5 Å². The van der Waals surface area contributed by atoms with E-state index in [-0.39, 0.29) is 0 Å². The van der Waals surface area contributed by atoms with Gasteiger partial charge >= 0.3 is 0 Å². The van der Waals surface area contributed by atoms with Gasteiger partial charge < -0.3 is 4.74 Å². The van der Waals surface area contributed by atoms with Crippen molar-refractivity contribution in [3.63, 3.8) is 0 Å². The van der Waals surface area contributed by atoms with Crippen LogP contribution in [0.4, 0.5) is 0 Å². The van der Waals surface area contributed by atoms with Crippen LogP contribution < -0.4 is 4.74 Å². The molecule has 2 heteroatoms. The molecule has 0 amide bonds. The molecule has 1 unspecified atom stereocenters. The van der Waals surface area contributed by atoms with Gasteiger partial charge in [0, 0.05) is 4.83 Å². The number of ether oxygens (including phenoxy) is 1. The van der Waals surface area contributed by atoms with E-state index in [1.807, 2.05) is 12.1 Å². The third-order valence-electron chi connectivity index (χ3n) is 2.59. The van der Waals surface area contributed by atoms with Gasteiger partial charge in [-0.15, -0.1) is 0 Å². The van der Waals surface area contributed by atoms with Crippen LogP contribution in [-0.2, 0) is 0 Å². The number of fused-ring (bicyclic) bond motifs is 1. The van der Waals surface area contributed by atoms with E-state index in [2.05, 4.69) is 53.2 Å². The van der Waals surface area contributed by atoms with Crippen molar-refractivity contribution in [2.75, 3.05) is 6.61 Å². The van der Waals surface area contributed by atoms with Crippen molar-refractivity contribution in [1.29, 1.82) is 0 Å². The Balaban J connectivity index is 2.13. The van der Waals surface area contributed by atoms with Crippen molar-refractivity contribution in [1.82, 2.24) is 0 Å². The number of benzene rings is 2. The first-order valence-electron chi connectivity index (χ1n) is 5.55. The molecule has 1 atom stereocenters. The number of halogens is 1. The van der Waals surface area contributed by atoms with E-state index in [9.17, 15) is 0 Å². The summed E-state index contributed by atoms with van der Waals surface area (Å²) in [6.45, 7) is 2.86. The van der Waals surface area contributed by atoms with E-state index in [0.717, 1.165) is 18.8 Å². The van der Waals surface area contributed by atoms with Crippen LogP contribution in [0.2, 0.25) is 0 Å². The third-order valence-corrected chi connectivity index (χ3v) is 3.51. The molecule has 0 fully saturated rings. The lowest BCUT2D eigenvalue weighted by molar-refractivity contribution is 0.317. The van der Waals surface area contributed by atoms with E-state index in [4.69, 9.17) is 4.74 Å². The Labute approximate surface area is 105 Å². The van der Waals surface area contributed by atoms with Gasteiger partial charge in [0.2, 0.25) is 0 Å². The van der Waals surface area contributed by atoms with Crippen molar-refractivity contribution in [3.8, 4) is 5.75 Å². The molecule has 0 aliphatic heterocycles. The molecule has 2 aromatic carbocycles. The van der Waals surface area contributed by atoms with E-state index >= 15 is 0 Å². The van der Waals surface area contributed by atoms with Crippen LogP contribution in [0.1, 0.15) is 13.3 Å². The summed E-state index contributed by atoms with van der Waals surface area (Å²) in [6, 6.07) is 14.5. The highest BCUT2D eigenvalue weighted by molar-refractivity contribution is 9.09. The zero-order valence-corrected chi connectivity index (χ0v) is 10.9. The standard InChI is InChI=1S/C14H15BrO/c1-2-13(15)10-16-14-8-7-11-5-3-4-6-12(11)9-14/h3-9,13H,2,10H2,1H3. The molecule has 0 aliphatic rings. The lowest BCUT2D eigenvalue weighted by Gasteiger charge is -2.10. The summed E-state index contributed by atoms with van der Waals surface area (Å²) in [5.41, 5.74) is 0. The lowest BCUT2D eigenvalue weighted by atomic mass is 10.1. The van der Waals surface area contributed by atoms with E-state index in [1.54, 1.807) is 0 Å². The highest BCUT2D eigenvalue weighted by Crippen LogP contribution is 2.21. The number of hydrogen-bond acceptors (Lipinski definition) is 1. The summed E-state index contributed by atoms with van der Waals surface area (Å²) in [5.74, 6) is 0.941. The van der Waals surface area contributed by atoms with E-state index in [0.29, 0.717) is 4.83 Å². The van der Waals surface area contributed by atoms with Gasteiger partial charge in [0.25, 0.3) is 0 Å². The molecule has 2 aromatic rings. The number of hydrogen-bond donors (Lipinski definition) is 0. The fraction of sp³-hybridized carbons (Fsp3) is 0.286. The Bertz CT molecular complexity index is 467. The van der Waals surface area contributed by atoms with Crippen LogP contribution >= 0.6 is 15.9 Å². The lowest BCUT2D eigenvalue weighted by Crippen LogP contribution is -2.09. The Morgan fingerprint density at radius 1 is 1.12 bits per heavy atom. The first kappa shape index (κ1) is 11.5. The normalized spacial score (nSPS) is 12.6. The quantitative estimate of drug-likeness (QED) is 0.754. The number of rotatable bonds is 4. The second-order valence-electron chi connectivity index (χ2n) is 3.83. The van der Waals surface area contributed by atoms with E-state index < -0.39 is 0 Å². The van der Waals surface area contributed by atoms with Gasteiger partial charge in [0.15, 0.2) is 0 Å². The Hall–Kier alpha value is -1.02. The molecule has 0 saturated heterocycles. The molecular formula is C14H15BrO. The fourth-order valence-corrected chi connectivity index (χ4v) is 1.69. The van der Waals surface area contributed by atoms with Crippen LogP contribution in [-0.4, -0.2) is 11.4 Å². The van der Waals surface area contributed by atoms with Crippen molar-refractivity contribution in [2.24, 2.45) is 0 Å². The molecule has 0 N–H and O–H groups in total. The van der Waals surface area contributed by atoms with Gasteiger partial charge in [-0.2, -0.15) is 0 Å². The average molecular weight is 279 g/mol. The Morgan fingerprint density at radius 3 is 2.62 bits per heavy atom. The van der Waals surface area contributed by atoms with Crippen molar-refractivity contribution >= 4 is 26.7 Å². The zero-order valence-electron chi connectivity index (χ0n) is 9.32. The van der Waals surface area contributed by atoms with Crippen LogP contribution in [0.5, 0.6) is 5.75 Å². The highest BCUT2D eigenvalue weighted by Gasteiger charge is 2.02. The first-order valence-corrected chi connectivity index (χ1v) is 6.47. The average Bonchev–Trinajstić information content (AvgIpc) is 2.35. The molecule has 0 aliphatic carbocycles. The van der Waals surface area contributed by atoms with Gasteiger partial charge in [0.1, 0.15) is 12.4 Å². The SMILES string of the molecule is CCC(Br)COc1ccc2ccccc2c1. The number of alkyl halides is 1. The van der Waals surface area contributed by atoms with Gasteiger partial charge in [0.05, 0.1) is 0 Å². The van der Waals surface area contributed by atoms with E-state index in [1.165, 1.54) is 10.8 Å². The summed E-state index contributed by atoms with van der Waals surface area (Å²) in [5, 5.41) is 2.48. The van der Waals surface area contributed by atoms with Crippen molar-refractivity contribution < 1.29 is 4.74 Å². The van der Waals surface area contributed by atoms with Crippen molar-refractivity contribution in [2.45, 2.75) is 18.2 Å². The topological polar surface area (TPSA) is 9.23 Å². The second kappa shape index (κ2) is 5.35. The minimum atomic E-state index is 0.430. The predicted molar refractivity (Wildman–Crippen MR) is 72.4 cm³/mol. The molecule has 0 bridgehead atoms. The van der Waals surface area contributed by atoms with Gasteiger partial charge in [-0.05, 0) is 29.3 Å². The molecule has 2 rings (SSSR count). The van der Waals surface area contributed by atoms with Crippen LogP contribution in [0, 0.1) is 0 Å². The maximum atomic E-state index is 5.72. The largest absolute Gasteiger partial charge is 0.492 e. The van der Waals surface area contributed by atoms with Crippen molar-refractivity contribution in [3.05, 3.63) is 42.5 Å². The minimum Gasteiger partial charge on any atom is -0.492 e. The summed E-state index contributed by atoms with van der Waals surface area (Å²) in [4.78, 5) is 0.430. The van der Waals surface area contributed by atoms with Crippen LogP contribution in [0.25, 0.3) is 10.8 Å². The molecule has 0 radical (unpaired) electrons. The monoisotopic (exact) mass is 278 g/mol. The Kier molecular flexibility index (Phi) is 3.83.